The molecule has 1 aromatic heterocycles. The molecule has 0 bridgehead atoms. The van der Waals surface area contributed by atoms with Crippen molar-refractivity contribution in [3.63, 3.8) is 0 Å². The van der Waals surface area contributed by atoms with Gasteiger partial charge < -0.3 is 37.5 Å². The Kier molecular flexibility index (Phi) is 11.8. The number of carboxylic acid groups (broad SMARTS) is 1. The number of nitrogens with one attached hydrogen (secondary N) is 4. The van der Waals surface area contributed by atoms with Crippen LogP contribution in [0.25, 0.3) is 10.9 Å². The van der Waals surface area contributed by atoms with Gasteiger partial charge in [-0.25, -0.2) is 4.79 Å². The Hall–Kier alpha value is -4.71. The molecule has 0 saturated heterocycles. The molecule has 0 saturated carbocycles. The van der Waals surface area contributed by atoms with Crippen LogP contribution in [0.4, 0.5) is 0 Å². The smallest absolute Gasteiger partial charge is 0.326 e. The van der Waals surface area contributed by atoms with Crippen molar-refractivity contribution in [3.8, 4) is 0 Å². The number of aliphatic carboxylic acids is 1. The van der Waals surface area contributed by atoms with Gasteiger partial charge in [0.1, 0.15) is 18.1 Å². The molecule has 230 valence electrons. The van der Waals surface area contributed by atoms with Crippen LogP contribution in [0.3, 0.4) is 0 Å². The van der Waals surface area contributed by atoms with Gasteiger partial charge in [-0.1, -0.05) is 62.4 Å². The molecular weight excluding hydrogens is 552 g/mol. The summed E-state index contributed by atoms with van der Waals surface area (Å²) < 4.78 is 0. The molecule has 12 heteroatoms. The first-order valence-corrected chi connectivity index (χ1v) is 14.2. The first-order valence-electron chi connectivity index (χ1n) is 14.2. The van der Waals surface area contributed by atoms with Crippen molar-refractivity contribution in [3.05, 3.63) is 71.9 Å². The zero-order valence-corrected chi connectivity index (χ0v) is 24.3. The number of carboxylic acids is 1. The van der Waals surface area contributed by atoms with E-state index in [0.717, 1.165) is 16.5 Å². The van der Waals surface area contributed by atoms with E-state index in [1.807, 2.05) is 68.4 Å². The maximum atomic E-state index is 13.4. The van der Waals surface area contributed by atoms with Crippen molar-refractivity contribution in [2.24, 2.45) is 17.4 Å². The van der Waals surface area contributed by atoms with Crippen LogP contribution in [0, 0.1) is 5.92 Å². The number of hydrogen-bond acceptors (Lipinski definition) is 6. The van der Waals surface area contributed by atoms with Crippen LogP contribution in [-0.2, 0) is 36.8 Å². The number of carbonyl (C=O) groups is 5. The molecule has 1 heterocycles. The summed E-state index contributed by atoms with van der Waals surface area (Å²) in [7, 11) is 0. The molecule has 4 atom stereocenters. The summed E-state index contributed by atoms with van der Waals surface area (Å²) >= 11 is 0. The van der Waals surface area contributed by atoms with E-state index in [1.54, 1.807) is 6.20 Å². The Morgan fingerprint density at radius 3 is 2.07 bits per heavy atom. The van der Waals surface area contributed by atoms with E-state index in [-0.39, 0.29) is 38.0 Å². The summed E-state index contributed by atoms with van der Waals surface area (Å²) in [5.41, 5.74) is 13.8. The predicted molar refractivity (Wildman–Crippen MR) is 161 cm³/mol. The minimum atomic E-state index is -1.32. The number of primary amides is 1. The highest BCUT2D eigenvalue weighted by atomic mass is 16.4. The van der Waals surface area contributed by atoms with E-state index in [2.05, 4.69) is 20.9 Å². The Morgan fingerprint density at radius 1 is 0.814 bits per heavy atom. The van der Waals surface area contributed by atoms with Gasteiger partial charge >= 0.3 is 5.97 Å². The Balaban J connectivity index is 1.73. The van der Waals surface area contributed by atoms with Crippen LogP contribution < -0.4 is 27.4 Å². The molecule has 4 unspecified atom stereocenters. The second-order valence-corrected chi connectivity index (χ2v) is 11.0. The van der Waals surface area contributed by atoms with Crippen LogP contribution in [0.15, 0.2) is 60.8 Å². The number of fused-ring (bicyclic) bond motifs is 1. The molecule has 0 aliphatic carbocycles. The lowest BCUT2D eigenvalue weighted by molar-refractivity contribution is -0.142. The van der Waals surface area contributed by atoms with Crippen LogP contribution in [-0.4, -0.2) is 63.9 Å². The van der Waals surface area contributed by atoms with Gasteiger partial charge in [0.25, 0.3) is 0 Å². The van der Waals surface area contributed by atoms with Crippen molar-refractivity contribution in [1.82, 2.24) is 20.9 Å². The summed E-state index contributed by atoms with van der Waals surface area (Å²) in [5.74, 6) is -3.96. The number of nitrogens with two attached hydrogens (primary N) is 2. The lowest BCUT2D eigenvalue weighted by atomic mass is 10.0. The number of carbonyl (C=O) groups excluding carboxylic acids is 4. The molecule has 3 aromatic rings. The second kappa shape index (κ2) is 15.5. The lowest BCUT2D eigenvalue weighted by Crippen LogP contribution is -2.57. The molecule has 0 aliphatic rings. The highest BCUT2D eigenvalue weighted by Gasteiger charge is 2.31. The molecular formula is C31H40N6O6. The van der Waals surface area contributed by atoms with E-state index in [4.69, 9.17) is 11.5 Å². The van der Waals surface area contributed by atoms with Crippen LogP contribution in [0.5, 0.6) is 0 Å². The van der Waals surface area contributed by atoms with Gasteiger partial charge in [0.05, 0.1) is 6.04 Å². The molecule has 2 aromatic carbocycles. The summed E-state index contributed by atoms with van der Waals surface area (Å²) in [6.45, 7) is 3.74. The van der Waals surface area contributed by atoms with Crippen molar-refractivity contribution < 1.29 is 29.1 Å². The molecule has 0 aliphatic heterocycles. The maximum Gasteiger partial charge on any atom is 0.326 e. The SMILES string of the molecule is CC(C)CC(NC(=O)C(N)Cc1ccccc1)C(=O)NC(CCC(N)=O)C(=O)NC(Cc1c[nH]c2ccccc12)C(=O)O. The number of aromatic amines is 1. The lowest BCUT2D eigenvalue weighted by Gasteiger charge is -2.26. The van der Waals surface area contributed by atoms with Crippen molar-refractivity contribution in [1.29, 1.82) is 0 Å². The second-order valence-electron chi connectivity index (χ2n) is 11.0. The molecule has 3 rings (SSSR count). The number of benzene rings is 2. The number of amides is 4. The fourth-order valence-corrected chi connectivity index (χ4v) is 4.76. The van der Waals surface area contributed by atoms with E-state index in [0.29, 0.717) is 5.56 Å². The summed E-state index contributed by atoms with van der Waals surface area (Å²) in [6.07, 6.45) is 1.77. The largest absolute Gasteiger partial charge is 0.480 e. The average Bonchev–Trinajstić information content (AvgIpc) is 3.37. The monoisotopic (exact) mass is 592 g/mol. The summed E-state index contributed by atoms with van der Waals surface area (Å²) in [6, 6.07) is 12.0. The summed E-state index contributed by atoms with van der Waals surface area (Å²) in [5, 5.41) is 18.5. The zero-order valence-electron chi connectivity index (χ0n) is 24.3. The van der Waals surface area contributed by atoms with Crippen LogP contribution in [0.1, 0.15) is 44.2 Å². The first kappa shape index (κ1) is 32.8. The Bertz CT molecular complexity index is 1420. The van der Waals surface area contributed by atoms with Gasteiger partial charge in [0.2, 0.25) is 23.6 Å². The van der Waals surface area contributed by atoms with Gasteiger partial charge in [-0.15, -0.1) is 0 Å². The third kappa shape index (κ3) is 9.96. The highest BCUT2D eigenvalue weighted by molar-refractivity contribution is 5.94. The van der Waals surface area contributed by atoms with Crippen molar-refractivity contribution >= 4 is 40.5 Å². The number of para-hydroxylation sites is 1. The third-order valence-electron chi connectivity index (χ3n) is 7.00. The third-order valence-corrected chi connectivity index (χ3v) is 7.00. The minimum absolute atomic E-state index is 0.00754. The Labute approximate surface area is 250 Å². The standard InChI is InChI=1S/C31H40N6O6/c1-18(2)14-25(36-28(39)22(32)15-19-8-4-3-5-9-19)30(41)35-24(12-13-27(33)38)29(40)37-26(31(42)43)16-20-17-34-23-11-7-6-10-21(20)23/h3-11,17-18,22,24-26,34H,12-16,32H2,1-2H3,(H2,33,38)(H,35,41)(H,36,39)(H,37,40)(H,42,43). The molecule has 0 fully saturated rings. The van der Waals surface area contributed by atoms with Crippen molar-refractivity contribution in [2.75, 3.05) is 0 Å². The van der Waals surface area contributed by atoms with Crippen LogP contribution >= 0.6 is 0 Å². The summed E-state index contributed by atoms with van der Waals surface area (Å²) in [4.78, 5) is 66.4. The molecule has 4 amide bonds. The number of H-pyrrole nitrogens is 1. The number of aromatic nitrogens is 1. The van der Waals surface area contributed by atoms with Gasteiger partial charge in [-0.2, -0.15) is 0 Å². The van der Waals surface area contributed by atoms with E-state index < -0.39 is 53.8 Å². The van der Waals surface area contributed by atoms with Gasteiger partial charge in [0, 0.05) is 29.9 Å². The normalized spacial score (nSPS) is 14.0. The minimum Gasteiger partial charge on any atom is -0.480 e. The van der Waals surface area contributed by atoms with Gasteiger partial charge in [-0.05, 0) is 42.4 Å². The molecule has 12 nitrogen and oxygen atoms in total. The van der Waals surface area contributed by atoms with Crippen LogP contribution in [0.2, 0.25) is 0 Å². The quantitative estimate of drug-likeness (QED) is 0.129. The zero-order chi connectivity index (χ0) is 31.5. The van der Waals surface area contributed by atoms with Gasteiger partial charge in [0.15, 0.2) is 0 Å². The predicted octanol–water partition coefficient (Wildman–Crippen LogP) is 1.13. The molecule has 9 N–H and O–H groups in total. The Morgan fingerprint density at radius 2 is 1.42 bits per heavy atom. The molecule has 43 heavy (non-hydrogen) atoms. The average molecular weight is 593 g/mol. The first-order chi connectivity index (χ1) is 20.4. The molecule has 0 spiro atoms. The topological polar surface area (TPSA) is 209 Å². The van der Waals surface area contributed by atoms with E-state index in [9.17, 15) is 29.1 Å². The van der Waals surface area contributed by atoms with E-state index in [1.165, 1.54) is 0 Å². The fraction of sp³-hybridized carbons (Fsp3) is 0.387. The number of hydrogen-bond donors (Lipinski definition) is 7. The van der Waals surface area contributed by atoms with Crippen molar-refractivity contribution in [2.45, 2.75) is 70.1 Å². The molecule has 0 radical (unpaired) electrons. The van der Waals surface area contributed by atoms with Gasteiger partial charge in [-0.3, -0.25) is 19.2 Å². The maximum absolute atomic E-state index is 13.4. The number of rotatable bonds is 16. The highest BCUT2D eigenvalue weighted by Crippen LogP contribution is 2.19. The van der Waals surface area contributed by atoms with E-state index >= 15 is 0 Å². The fourth-order valence-electron chi connectivity index (χ4n) is 4.76.